The number of carboxylic acid groups (broad SMARTS) is 1. The molecule has 1 N–H and O–H groups in total. The lowest BCUT2D eigenvalue weighted by Gasteiger charge is -2.14. The van der Waals surface area contributed by atoms with Crippen LogP contribution in [0.1, 0.15) is 32.6 Å². The minimum absolute atomic E-state index is 0.379. The smallest absolute Gasteiger partial charge is 0.336 e. The molecule has 1 aromatic carbocycles. The van der Waals surface area contributed by atoms with Crippen molar-refractivity contribution in [2.75, 3.05) is 0 Å². The van der Waals surface area contributed by atoms with E-state index in [1.807, 2.05) is 13.8 Å². The first-order valence-electron chi connectivity index (χ1n) is 4.37. The highest BCUT2D eigenvalue weighted by atomic mass is 35.5. The molecular weight excluding hydrogens is 200 g/mol. The van der Waals surface area contributed by atoms with Gasteiger partial charge < -0.3 is 5.11 Å². The van der Waals surface area contributed by atoms with Crippen LogP contribution >= 0.6 is 11.6 Å². The Hall–Kier alpha value is -1.02. The van der Waals surface area contributed by atoms with Gasteiger partial charge in [-0.2, -0.15) is 0 Å². The second kappa shape index (κ2) is 3.62. The highest BCUT2D eigenvalue weighted by Crippen LogP contribution is 2.29. The van der Waals surface area contributed by atoms with Crippen LogP contribution in [0.15, 0.2) is 0 Å². The second-order valence-electron chi connectivity index (χ2n) is 3.49. The summed E-state index contributed by atoms with van der Waals surface area (Å²) in [7, 11) is 0. The Morgan fingerprint density at radius 1 is 1.00 bits per heavy atom. The third-order valence-electron chi connectivity index (χ3n) is 2.75. The summed E-state index contributed by atoms with van der Waals surface area (Å²) in [6.07, 6.45) is 0. The quantitative estimate of drug-likeness (QED) is 0.776. The van der Waals surface area contributed by atoms with Crippen LogP contribution < -0.4 is 0 Å². The fourth-order valence-electron chi connectivity index (χ4n) is 1.59. The third kappa shape index (κ3) is 1.50. The van der Waals surface area contributed by atoms with Gasteiger partial charge in [-0.25, -0.2) is 4.79 Å². The van der Waals surface area contributed by atoms with Gasteiger partial charge in [0.25, 0.3) is 0 Å². The molecule has 3 heteroatoms. The molecule has 0 heterocycles. The summed E-state index contributed by atoms with van der Waals surface area (Å²) < 4.78 is 0. The predicted molar refractivity (Wildman–Crippen MR) is 57.4 cm³/mol. The van der Waals surface area contributed by atoms with E-state index in [9.17, 15) is 4.79 Å². The third-order valence-corrected chi connectivity index (χ3v) is 3.31. The van der Waals surface area contributed by atoms with Crippen molar-refractivity contribution in [2.45, 2.75) is 27.7 Å². The molecular formula is C11H13ClO2. The fraction of sp³-hybridized carbons (Fsp3) is 0.364. The van der Waals surface area contributed by atoms with Crippen molar-refractivity contribution in [1.82, 2.24) is 0 Å². The van der Waals surface area contributed by atoms with E-state index in [1.54, 1.807) is 13.8 Å². The van der Waals surface area contributed by atoms with Gasteiger partial charge in [0.2, 0.25) is 0 Å². The number of rotatable bonds is 1. The van der Waals surface area contributed by atoms with Crippen molar-refractivity contribution in [3.63, 3.8) is 0 Å². The number of carboxylic acids is 1. The lowest BCUT2D eigenvalue weighted by atomic mass is 9.94. The Morgan fingerprint density at radius 2 is 1.36 bits per heavy atom. The average molecular weight is 213 g/mol. The molecule has 0 aliphatic carbocycles. The largest absolute Gasteiger partial charge is 0.478 e. The molecule has 0 atom stereocenters. The van der Waals surface area contributed by atoms with E-state index >= 15 is 0 Å². The van der Waals surface area contributed by atoms with Gasteiger partial charge in [0, 0.05) is 5.02 Å². The highest BCUT2D eigenvalue weighted by Gasteiger charge is 2.17. The van der Waals surface area contributed by atoms with Crippen LogP contribution in [-0.2, 0) is 0 Å². The van der Waals surface area contributed by atoms with Gasteiger partial charge in [-0.3, -0.25) is 0 Å². The summed E-state index contributed by atoms with van der Waals surface area (Å²) in [5.74, 6) is -0.886. The molecule has 0 unspecified atom stereocenters. The number of halogens is 1. The molecule has 0 bridgehead atoms. The van der Waals surface area contributed by atoms with Gasteiger partial charge in [0.15, 0.2) is 0 Å². The normalized spacial score (nSPS) is 10.4. The van der Waals surface area contributed by atoms with Crippen molar-refractivity contribution < 1.29 is 9.90 Å². The summed E-state index contributed by atoms with van der Waals surface area (Å²) in [5.41, 5.74) is 3.60. The molecule has 0 aliphatic heterocycles. The SMILES string of the molecule is Cc1c(C)c(C(=O)O)c(C)c(C)c1Cl. The second-order valence-corrected chi connectivity index (χ2v) is 3.87. The first-order valence-corrected chi connectivity index (χ1v) is 4.74. The Morgan fingerprint density at radius 3 is 1.64 bits per heavy atom. The van der Waals surface area contributed by atoms with Gasteiger partial charge in [-0.15, -0.1) is 0 Å². The summed E-state index contributed by atoms with van der Waals surface area (Å²) in [4.78, 5) is 11.0. The van der Waals surface area contributed by atoms with Crippen LogP contribution in [0.3, 0.4) is 0 Å². The van der Waals surface area contributed by atoms with E-state index in [0.29, 0.717) is 10.6 Å². The van der Waals surface area contributed by atoms with E-state index < -0.39 is 5.97 Å². The lowest BCUT2D eigenvalue weighted by Crippen LogP contribution is -2.07. The van der Waals surface area contributed by atoms with Crippen LogP contribution in [0.2, 0.25) is 5.02 Å². The maximum Gasteiger partial charge on any atom is 0.336 e. The van der Waals surface area contributed by atoms with E-state index in [2.05, 4.69) is 0 Å². The lowest BCUT2D eigenvalue weighted by molar-refractivity contribution is 0.0695. The molecule has 0 aromatic heterocycles. The maximum atomic E-state index is 11.0. The zero-order valence-electron chi connectivity index (χ0n) is 8.73. The van der Waals surface area contributed by atoms with Crippen molar-refractivity contribution in [3.8, 4) is 0 Å². The summed E-state index contributed by atoms with van der Waals surface area (Å²) >= 11 is 6.07. The fourth-order valence-corrected chi connectivity index (χ4v) is 1.87. The molecule has 0 spiro atoms. The molecule has 1 rings (SSSR count). The first kappa shape index (κ1) is 11.1. The minimum Gasteiger partial charge on any atom is -0.478 e. The van der Waals surface area contributed by atoms with E-state index in [0.717, 1.165) is 22.3 Å². The molecule has 0 saturated carbocycles. The van der Waals surface area contributed by atoms with Gasteiger partial charge in [-0.1, -0.05) is 11.6 Å². The minimum atomic E-state index is -0.886. The average Bonchev–Trinajstić information content (AvgIpc) is 2.11. The summed E-state index contributed by atoms with van der Waals surface area (Å²) in [6.45, 7) is 7.27. The molecule has 0 radical (unpaired) electrons. The van der Waals surface area contributed by atoms with Crippen LogP contribution in [0, 0.1) is 27.7 Å². The summed E-state index contributed by atoms with van der Waals surface area (Å²) in [5, 5.41) is 9.71. The van der Waals surface area contributed by atoms with Crippen LogP contribution in [0.4, 0.5) is 0 Å². The van der Waals surface area contributed by atoms with Crippen molar-refractivity contribution in [3.05, 3.63) is 32.8 Å². The molecule has 0 saturated heterocycles. The van der Waals surface area contributed by atoms with Crippen LogP contribution in [-0.4, -0.2) is 11.1 Å². The Kier molecular flexibility index (Phi) is 2.86. The van der Waals surface area contributed by atoms with Crippen LogP contribution in [0.25, 0.3) is 0 Å². The van der Waals surface area contributed by atoms with Crippen molar-refractivity contribution in [1.29, 1.82) is 0 Å². The summed E-state index contributed by atoms with van der Waals surface area (Å²) in [6, 6.07) is 0. The number of carbonyl (C=O) groups is 1. The molecule has 0 fully saturated rings. The Labute approximate surface area is 88.5 Å². The molecule has 0 amide bonds. The van der Waals surface area contributed by atoms with Crippen molar-refractivity contribution >= 4 is 17.6 Å². The predicted octanol–water partition coefficient (Wildman–Crippen LogP) is 3.27. The van der Waals surface area contributed by atoms with E-state index in [1.165, 1.54) is 0 Å². The zero-order chi connectivity index (χ0) is 11.0. The van der Waals surface area contributed by atoms with Gasteiger partial charge >= 0.3 is 5.97 Å². The first-order chi connectivity index (χ1) is 6.37. The Balaban J connectivity index is 3.68. The molecule has 0 aliphatic rings. The molecule has 14 heavy (non-hydrogen) atoms. The highest BCUT2D eigenvalue weighted by molar-refractivity contribution is 6.32. The van der Waals surface area contributed by atoms with Gasteiger partial charge in [0.05, 0.1) is 5.56 Å². The Bertz CT molecular complexity index is 379. The molecule has 76 valence electrons. The van der Waals surface area contributed by atoms with Gasteiger partial charge in [-0.05, 0) is 49.9 Å². The monoisotopic (exact) mass is 212 g/mol. The van der Waals surface area contributed by atoms with E-state index in [-0.39, 0.29) is 0 Å². The van der Waals surface area contributed by atoms with Crippen molar-refractivity contribution in [2.24, 2.45) is 0 Å². The van der Waals surface area contributed by atoms with Gasteiger partial charge in [0.1, 0.15) is 0 Å². The molecule has 2 nitrogen and oxygen atoms in total. The number of hydrogen-bond acceptors (Lipinski definition) is 1. The maximum absolute atomic E-state index is 11.0. The standard InChI is InChI=1S/C11H13ClO2/c1-5-7(3)10(12)8(4)6(2)9(5)11(13)14/h1-4H3,(H,13,14). The topological polar surface area (TPSA) is 37.3 Å². The number of aromatic carboxylic acids is 1. The number of benzene rings is 1. The molecule has 1 aromatic rings. The zero-order valence-corrected chi connectivity index (χ0v) is 9.49. The number of hydrogen-bond donors (Lipinski definition) is 1. The van der Waals surface area contributed by atoms with Crippen LogP contribution in [0.5, 0.6) is 0 Å². The van der Waals surface area contributed by atoms with E-state index in [4.69, 9.17) is 16.7 Å².